The summed E-state index contributed by atoms with van der Waals surface area (Å²) in [4.78, 5) is 9.71. The Balaban J connectivity index is 1.86. The highest BCUT2D eigenvalue weighted by Gasteiger charge is 2.41. The fourth-order valence-electron chi connectivity index (χ4n) is 4.04. The predicted molar refractivity (Wildman–Crippen MR) is 82.9 cm³/mol. The smallest absolute Gasteiger partial charge is 0.134 e. The zero-order chi connectivity index (χ0) is 14.1. The number of aromatic nitrogens is 2. The van der Waals surface area contributed by atoms with Crippen LogP contribution < -0.4 is 5.32 Å². The fraction of sp³-hybridized carbons (Fsp3) is 0.765. The molecule has 1 aromatic rings. The monoisotopic (exact) mass is 273 g/mol. The van der Waals surface area contributed by atoms with E-state index in [0.717, 1.165) is 36.4 Å². The van der Waals surface area contributed by atoms with Crippen LogP contribution in [-0.2, 0) is 6.42 Å². The van der Waals surface area contributed by atoms with Gasteiger partial charge in [0.2, 0.25) is 0 Å². The van der Waals surface area contributed by atoms with Crippen LogP contribution in [0.4, 0.5) is 5.82 Å². The van der Waals surface area contributed by atoms with Gasteiger partial charge in [-0.25, -0.2) is 9.97 Å². The van der Waals surface area contributed by atoms with Gasteiger partial charge < -0.3 is 5.32 Å². The van der Waals surface area contributed by atoms with E-state index in [9.17, 15) is 0 Å². The van der Waals surface area contributed by atoms with Gasteiger partial charge in [-0.05, 0) is 50.4 Å². The minimum atomic E-state index is 0.623. The van der Waals surface area contributed by atoms with Gasteiger partial charge in [-0.2, -0.15) is 0 Å². The fourth-order valence-corrected chi connectivity index (χ4v) is 4.04. The van der Waals surface area contributed by atoms with E-state index in [1.807, 2.05) is 0 Å². The number of nitrogens with zero attached hydrogens (tertiary/aromatic N) is 2. The highest BCUT2D eigenvalue weighted by molar-refractivity contribution is 5.37. The maximum atomic E-state index is 4.91. The lowest BCUT2D eigenvalue weighted by molar-refractivity contribution is 0.404. The third-order valence-electron chi connectivity index (χ3n) is 4.84. The van der Waals surface area contributed by atoms with Crippen LogP contribution in [-0.4, -0.2) is 16.5 Å². The van der Waals surface area contributed by atoms with Gasteiger partial charge in [-0.1, -0.05) is 20.3 Å². The molecule has 3 nitrogen and oxygen atoms in total. The van der Waals surface area contributed by atoms with Crippen LogP contribution in [0.2, 0.25) is 0 Å². The Labute approximate surface area is 122 Å². The van der Waals surface area contributed by atoms with E-state index in [2.05, 4.69) is 32.2 Å². The molecule has 3 heteroatoms. The van der Waals surface area contributed by atoms with Crippen LogP contribution >= 0.6 is 0 Å². The van der Waals surface area contributed by atoms with Crippen molar-refractivity contribution in [1.82, 2.24) is 9.97 Å². The molecule has 2 aliphatic rings. The minimum absolute atomic E-state index is 0.623. The molecule has 2 aliphatic carbocycles. The molecule has 3 rings (SSSR count). The van der Waals surface area contributed by atoms with Crippen LogP contribution in [0.5, 0.6) is 0 Å². The Bertz CT molecular complexity index is 469. The normalized spacial score (nSPS) is 28.3. The Morgan fingerprint density at radius 2 is 2.10 bits per heavy atom. The summed E-state index contributed by atoms with van der Waals surface area (Å²) in [6.07, 6.45) is 6.62. The lowest BCUT2D eigenvalue weighted by Crippen LogP contribution is -2.15. The van der Waals surface area contributed by atoms with Crippen LogP contribution in [0, 0.1) is 17.8 Å². The Kier molecular flexibility index (Phi) is 3.95. The second-order valence-electron chi connectivity index (χ2n) is 7.01. The lowest BCUT2D eigenvalue weighted by Gasteiger charge is -2.21. The zero-order valence-corrected chi connectivity index (χ0v) is 13.0. The minimum Gasteiger partial charge on any atom is -0.370 e. The summed E-state index contributed by atoms with van der Waals surface area (Å²) in [5, 5.41) is 3.38. The van der Waals surface area contributed by atoms with Crippen molar-refractivity contribution in [3.8, 4) is 0 Å². The Hall–Kier alpha value is -1.12. The van der Waals surface area contributed by atoms with Gasteiger partial charge in [0.25, 0.3) is 0 Å². The van der Waals surface area contributed by atoms with E-state index >= 15 is 0 Å². The second kappa shape index (κ2) is 5.71. The molecule has 0 saturated heterocycles. The first-order valence-electron chi connectivity index (χ1n) is 8.27. The van der Waals surface area contributed by atoms with E-state index in [1.165, 1.54) is 31.4 Å². The average molecular weight is 273 g/mol. The van der Waals surface area contributed by atoms with E-state index in [4.69, 9.17) is 9.97 Å². The molecule has 110 valence electrons. The average Bonchev–Trinajstić information content (AvgIpc) is 3.00. The third-order valence-corrected chi connectivity index (χ3v) is 4.84. The lowest BCUT2D eigenvalue weighted by atomic mass is 9.88. The number of nitrogens with one attached hydrogen (secondary N) is 1. The van der Waals surface area contributed by atoms with Gasteiger partial charge in [0, 0.05) is 24.2 Å². The van der Waals surface area contributed by atoms with Crippen molar-refractivity contribution >= 4 is 5.82 Å². The summed E-state index contributed by atoms with van der Waals surface area (Å²) in [6, 6.07) is 2.14. The maximum Gasteiger partial charge on any atom is 0.134 e. The maximum absolute atomic E-state index is 4.91. The Morgan fingerprint density at radius 1 is 1.25 bits per heavy atom. The van der Waals surface area contributed by atoms with Gasteiger partial charge >= 0.3 is 0 Å². The van der Waals surface area contributed by atoms with Crippen LogP contribution in [0.25, 0.3) is 0 Å². The van der Waals surface area contributed by atoms with Crippen LogP contribution in [0.15, 0.2) is 6.07 Å². The van der Waals surface area contributed by atoms with Gasteiger partial charge in [0.1, 0.15) is 11.6 Å². The van der Waals surface area contributed by atoms with Crippen molar-refractivity contribution in [2.45, 2.75) is 58.8 Å². The highest BCUT2D eigenvalue weighted by Crippen LogP contribution is 2.52. The molecular weight excluding hydrogens is 246 g/mol. The number of hydrogen-bond acceptors (Lipinski definition) is 3. The van der Waals surface area contributed by atoms with Crippen LogP contribution in [0.1, 0.15) is 63.9 Å². The van der Waals surface area contributed by atoms with E-state index < -0.39 is 0 Å². The number of anilines is 1. The summed E-state index contributed by atoms with van der Waals surface area (Å²) in [6.45, 7) is 7.56. The molecule has 0 aromatic carbocycles. The first-order chi connectivity index (χ1) is 9.65. The van der Waals surface area contributed by atoms with Gasteiger partial charge in [0.15, 0.2) is 0 Å². The van der Waals surface area contributed by atoms with E-state index in [0.29, 0.717) is 11.8 Å². The summed E-state index contributed by atoms with van der Waals surface area (Å²) >= 11 is 0. The molecule has 3 atom stereocenters. The van der Waals surface area contributed by atoms with Gasteiger partial charge in [0.05, 0.1) is 0 Å². The van der Waals surface area contributed by atoms with Crippen LogP contribution in [0.3, 0.4) is 0 Å². The predicted octanol–water partition coefficient (Wildman–Crippen LogP) is 4.01. The molecule has 3 unspecified atom stereocenters. The van der Waals surface area contributed by atoms with Crippen molar-refractivity contribution in [3.63, 3.8) is 0 Å². The summed E-state index contributed by atoms with van der Waals surface area (Å²) in [5.41, 5.74) is 1.21. The van der Waals surface area contributed by atoms with Crippen molar-refractivity contribution in [2.75, 3.05) is 11.9 Å². The van der Waals surface area contributed by atoms with E-state index in [1.54, 1.807) is 0 Å². The summed E-state index contributed by atoms with van der Waals surface area (Å²) < 4.78 is 0. The third kappa shape index (κ3) is 2.82. The molecular formula is C17H27N3. The molecule has 1 aromatic heterocycles. The van der Waals surface area contributed by atoms with Gasteiger partial charge in [-0.15, -0.1) is 0 Å². The molecule has 2 saturated carbocycles. The molecule has 1 N–H and O–H groups in total. The molecule has 20 heavy (non-hydrogen) atoms. The topological polar surface area (TPSA) is 37.8 Å². The number of hydrogen-bond donors (Lipinski definition) is 1. The van der Waals surface area contributed by atoms with Crippen molar-refractivity contribution in [3.05, 3.63) is 17.6 Å². The first-order valence-corrected chi connectivity index (χ1v) is 8.27. The van der Waals surface area contributed by atoms with Crippen molar-refractivity contribution < 1.29 is 0 Å². The molecule has 2 bridgehead atoms. The SMILES string of the molecule is CCNc1cc(CC(C)C)nc(C2CC3CCC2C3)n1. The highest BCUT2D eigenvalue weighted by atomic mass is 15.0. The zero-order valence-electron chi connectivity index (χ0n) is 13.0. The summed E-state index contributed by atoms with van der Waals surface area (Å²) in [7, 11) is 0. The van der Waals surface area contributed by atoms with Crippen molar-refractivity contribution in [2.24, 2.45) is 17.8 Å². The van der Waals surface area contributed by atoms with Crippen molar-refractivity contribution in [1.29, 1.82) is 0 Å². The second-order valence-corrected chi connectivity index (χ2v) is 7.01. The molecule has 0 radical (unpaired) electrons. The summed E-state index contributed by atoms with van der Waals surface area (Å²) in [5.74, 6) is 5.21. The molecule has 0 amide bonds. The molecule has 1 heterocycles. The largest absolute Gasteiger partial charge is 0.370 e. The standard InChI is InChI=1S/C17H27N3/c1-4-18-16-10-14(7-11(2)3)19-17(20-16)15-9-12-5-6-13(15)8-12/h10-13,15H,4-9H2,1-3H3,(H,18,19,20). The number of fused-ring (bicyclic) bond motifs is 2. The van der Waals surface area contributed by atoms with Gasteiger partial charge in [-0.3, -0.25) is 0 Å². The molecule has 2 fully saturated rings. The number of rotatable bonds is 5. The Morgan fingerprint density at radius 3 is 2.70 bits per heavy atom. The molecule has 0 spiro atoms. The quantitative estimate of drug-likeness (QED) is 0.880. The van der Waals surface area contributed by atoms with E-state index in [-0.39, 0.29) is 0 Å². The first kappa shape index (κ1) is 13.8. The molecule has 0 aliphatic heterocycles.